The lowest BCUT2D eigenvalue weighted by molar-refractivity contribution is 0.322. The maximum absolute atomic E-state index is 5.76. The smallest absolute Gasteiger partial charge is 0.119 e. The molecule has 0 bridgehead atoms. The van der Waals surface area contributed by atoms with Crippen LogP contribution in [0.3, 0.4) is 0 Å². The van der Waals surface area contributed by atoms with Gasteiger partial charge in [-0.3, -0.25) is 0 Å². The van der Waals surface area contributed by atoms with E-state index >= 15 is 0 Å². The highest BCUT2D eigenvalue weighted by molar-refractivity contribution is 7.09. The molecule has 0 aliphatic heterocycles. The van der Waals surface area contributed by atoms with E-state index in [1.807, 2.05) is 24.6 Å². The fourth-order valence-electron chi connectivity index (χ4n) is 1.68. The average molecular weight is 247 g/mol. The fourth-order valence-corrected chi connectivity index (χ4v) is 2.45. The van der Waals surface area contributed by atoms with Gasteiger partial charge in [0, 0.05) is 11.3 Å². The van der Waals surface area contributed by atoms with Crippen LogP contribution < -0.4 is 4.74 Å². The quantitative estimate of drug-likeness (QED) is 0.805. The number of hydrogen-bond acceptors (Lipinski definition) is 3. The average Bonchev–Trinajstić information content (AvgIpc) is 2.76. The van der Waals surface area contributed by atoms with Gasteiger partial charge in [-0.1, -0.05) is 19.1 Å². The van der Waals surface area contributed by atoms with Gasteiger partial charge in [0.05, 0.1) is 17.8 Å². The highest BCUT2D eigenvalue weighted by Crippen LogP contribution is 2.16. The Morgan fingerprint density at radius 2 is 2.24 bits per heavy atom. The molecule has 1 heterocycles. The normalized spacial score (nSPS) is 10.5. The minimum absolute atomic E-state index is 0.718. The molecule has 1 aromatic heterocycles. The number of rotatable bonds is 5. The summed E-state index contributed by atoms with van der Waals surface area (Å²) < 4.78 is 5.76. The zero-order valence-electron chi connectivity index (χ0n) is 10.3. The summed E-state index contributed by atoms with van der Waals surface area (Å²) in [6.45, 7) is 4.92. The Hall–Kier alpha value is -1.35. The van der Waals surface area contributed by atoms with Crippen LogP contribution in [0.15, 0.2) is 29.8 Å². The lowest BCUT2D eigenvalue weighted by atomic mass is 10.2. The number of hydrogen-bond donors (Lipinski definition) is 0. The van der Waals surface area contributed by atoms with E-state index in [4.69, 9.17) is 4.74 Å². The molecule has 0 saturated carbocycles. The van der Waals surface area contributed by atoms with Crippen LogP contribution in [0.4, 0.5) is 0 Å². The van der Waals surface area contributed by atoms with Crippen LogP contribution in [0.1, 0.15) is 23.1 Å². The van der Waals surface area contributed by atoms with Crippen molar-refractivity contribution in [3.63, 3.8) is 0 Å². The third-order valence-corrected chi connectivity index (χ3v) is 3.74. The van der Waals surface area contributed by atoms with Gasteiger partial charge in [0.1, 0.15) is 5.75 Å². The SMILES string of the molecule is CCc1cccc(OCCc2scnc2C)c1. The Balaban J connectivity index is 1.87. The second-order valence-electron chi connectivity index (χ2n) is 3.96. The Morgan fingerprint density at radius 3 is 2.94 bits per heavy atom. The molecule has 0 aliphatic rings. The van der Waals surface area contributed by atoms with Crippen molar-refractivity contribution in [1.82, 2.24) is 4.98 Å². The number of aromatic nitrogens is 1. The van der Waals surface area contributed by atoms with E-state index in [-0.39, 0.29) is 0 Å². The minimum atomic E-state index is 0.718. The van der Waals surface area contributed by atoms with Crippen LogP contribution in [-0.2, 0) is 12.8 Å². The van der Waals surface area contributed by atoms with Crippen LogP contribution in [0.25, 0.3) is 0 Å². The molecule has 17 heavy (non-hydrogen) atoms. The summed E-state index contributed by atoms with van der Waals surface area (Å²) in [5, 5.41) is 0. The zero-order chi connectivity index (χ0) is 12.1. The molecule has 2 aromatic rings. The Bertz CT molecular complexity index is 479. The van der Waals surface area contributed by atoms with Crippen LogP contribution >= 0.6 is 11.3 Å². The van der Waals surface area contributed by atoms with E-state index in [1.54, 1.807) is 11.3 Å². The highest BCUT2D eigenvalue weighted by Gasteiger charge is 2.01. The largest absolute Gasteiger partial charge is 0.493 e. The molecule has 0 fully saturated rings. The van der Waals surface area contributed by atoms with Crippen molar-refractivity contribution in [1.29, 1.82) is 0 Å². The summed E-state index contributed by atoms with van der Waals surface area (Å²) in [5.74, 6) is 0.964. The number of nitrogens with zero attached hydrogens (tertiary/aromatic N) is 1. The molecule has 2 nitrogen and oxygen atoms in total. The molecule has 0 radical (unpaired) electrons. The van der Waals surface area contributed by atoms with Gasteiger partial charge in [-0.2, -0.15) is 0 Å². The molecule has 3 heteroatoms. The van der Waals surface area contributed by atoms with Crippen molar-refractivity contribution in [3.8, 4) is 5.75 Å². The van der Waals surface area contributed by atoms with Gasteiger partial charge in [-0.05, 0) is 31.0 Å². The van der Waals surface area contributed by atoms with Gasteiger partial charge >= 0.3 is 0 Å². The van der Waals surface area contributed by atoms with Gasteiger partial charge in [0.2, 0.25) is 0 Å². The monoisotopic (exact) mass is 247 g/mol. The molecule has 0 atom stereocenters. The standard InChI is InChI=1S/C14H17NOS/c1-3-12-5-4-6-13(9-12)16-8-7-14-11(2)15-10-17-14/h4-6,9-10H,3,7-8H2,1-2H3. The lowest BCUT2D eigenvalue weighted by Gasteiger charge is -2.06. The molecule has 0 spiro atoms. The summed E-state index contributed by atoms with van der Waals surface area (Å²) in [6.07, 6.45) is 1.98. The first kappa shape index (κ1) is 12.1. The van der Waals surface area contributed by atoms with E-state index in [2.05, 4.69) is 24.0 Å². The molecular weight excluding hydrogens is 230 g/mol. The van der Waals surface area contributed by atoms with Gasteiger partial charge in [0.25, 0.3) is 0 Å². The van der Waals surface area contributed by atoms with Crippen LogP contribution in [0.2, 0.25) is 0 Å². The second-order valence-corrected chi connectivity index (χ2v) is 4.90. The first-order valence-electron chi connectivity index (χ1n) is 5.90. The summed E-state index contributed by atoms with van der Waals surface area (Å²) in [5.41, 5.74) is 4.33. The molecule has 2 rings (SSSR count). The van der Waals surface area contributed by atoms with Crippen molar-refractivity contribution >= 4 is 11.3 Å². The maximum atomic E-state index is 5.76. The first-order chi connectivity index (χ1) is 8.29. The van der Waals surface area contributed by atoms with Crippen molar-refractivity contribution in [2.24, 2.45) is 0 Å². The highest BCUT2D eigenvalue weighted by atomic mass is 32.1. The number of thiazole rings is 1. The predicted octanol–water partition coefficient (Wildman–Crippen LogP) is 3.64. The van der Waals surface area contributed by atoms with E-state index in [0.29, 0.717) is 0 Å². The summed E-state index contributed by atoms with van der Waals surface area (Å²) in [7, 11) is 0. The number of ether oxygens (including phenoxy) is 1. The topological polar surface area (TPSA) is 22.1 Å². The first-order valence-corrected chi connectivity index (χ1v) is 6.78. The molecule has 0 aliphatic carbocycles. The predicted molar refractivity (Wildman–Crippen MR) is 71.9 cm³/mol. The maximum Gasteiger partial charge on any atom is 0.119 e. The number of aryl methyl sites for hydroxylation is 2. The van der Waals surface area contributed by atoms with Crippen molar-refractivity contribution in [2.75, 3.05) is 6.61 Å². The van der Waals surface area contributed by atoms with Crippen LogP contribution in [0, 0.1) is 6.92 Å². The summed E-state index contributed by atoms with van der Waals surface area (Å²) in [6, 6.07) is 8.30. The van der Waals surface area contributed by atoms with Crippen molar-refractivity contribution in [3.05, 3.63) is 45.9 Å². The fraction of sp³-hybridized carbons (Fsp3) is 0.357. The number of benzene rings is 1. The van der Waals surface area contributed by atoms with E-state index in [1.165, 1.54) is 10.4 Å². The Kier molecular flexibility index (Phi) is 4.15. The summed E-state index contributed by atoms with van der Waals surface area (Å²) >= 11 is 1.70. The van der Waals surface area contributed by atoms with Gasteiger partial charge in [-0.25, -0.2) is 4.98 Å². The Morgan fingerprint density at radius 1 is 1.35 bits per heavy atom. The van der Waals surface area contributed by atoms with Crippen LogP contribution in [0.5, 0.6) is 5.75 Å². The molecule has 0 saturated heterocycles. The lowest BCUT2D eigenvalue weighted by Crippen LogP contribution is -2.01. The Labute approximate surface area is 106 Å². The third-order valence-electron chi connectivity index (χ3n) is 2.75. The molecule has 0 unspecified atom stereocenters. The second kappa shape index (κ2) is 5.82. The van der Waals surface area contributed by atoms with E-state index < -0.39 is 0 Å². The third kappa shape index (κ3) is 3.30. The van der Waals surface area contributed by atoms with Gasteiger partial charge in [0.15, 0.2) is 0 Å². The molecule has 90 valence electrons. The summed E-state index contributed by atoms with van der Waals surface area (Å²) in [4.78, 5) is 5.55. The van der Waals surface area contributed by atoms with E-state index in [9.17, 15) is 0 Å². The van der Waals surface area contributed by atoms with Gasteiger partial charge < -0.3 is 4.74 Å². The van der Waals surface area contributed by atoms with Crippen LogP contribution in [-0.4, -0.2) is 11.6 Å². The molecule has 1 aromatic carbocycles. The van der Waals surface area contributed by atoms with Crippen molar-refractivity contribution in [2.45, 2.75) is 26.7 Å². The minimum Gasteiger partial charge on any atom is -0.493 e. The molecule has 0 N–H and O–H groups in total. The van der Waals surface area contributed by atoms with E-state index in [0.717, 1.165) is 30.9 Å². The van der Waals surface area contributed by atoms with Gasteiger partial charge in [-0.15, -0.1) is 11.3 Å². The molecular formula is C14H17NOS. The van der Waals surface area contributed by atoms with Crippen molar-refractivity contribution < 1.29 is 4.74 Å². The zero-order valence-corrected chi connectivity index (χ0v) is 11.1. The molecule has 0 amide bonds.